The standard InChI is InChI=1S/C11H11ClO/c12-10-3-4-11(8-1-2-8)9(7-10)5-6-13/h3-4,6-8H,1-2,5H2. The van der Waals surface area contributed by atoms with Crippen molar-refractivity contribution in [1.82, 2.24) is 0 Å². The molecule has 0 bridgehead atoms. The summed E-state index contributed by atoms with van der Waals surface area (Å²) in [6.45, 7) is 0. The van der Waals surface area contributed by atoms with Crippen molar-refractivity contribution in [3.05, 3.63) is 34.3 Å². The monoisotopic (exact) mass is 194 g/mol. The van der Waals surface area contributed by atoms with Crippen LogP contribution >= 0.6 is 11.6 Å². The Morgan fingerprint density at radius 2 is 2.23 bits per heavy atom. The van der Waals surface area contributed by atoms with E-state index in [2.05, 4.69) is 6.07 Å². The smallest absolute Gasteiger partial charge is 0.124 e. The first kappa shape index (κ1) is 8.76. The van der Waals surface area contributed by atoms with Crippen LogP contribution in [-0.4, -0.2) is 6.29 Å². The quantitative estimate of drug-likeness (QED) is 0.677. The maximum absolute atomic E-state index is 10.4. The lowest BCUT2D eigenvalue weighted by atomic mass is 10.0. The van der Waals surface area contributed by atoms with Crippen molar-refractivity contribution >= 4 is 17.9 Å². The van der Waals surface area contributed by atoms with Crippen LogP contribution in [0, 0.1) is 0 Å². The summed E-state index contributed by atoms with van der Waals surface area (Å²) in [5.41, 5.74) is 2.42. The average Bonchev–Trinajstić information content (AvgIpc) is 2.88. The molecule has 1 saturated carbocycles. The van der Waals surface area contributed by atoms with E-state index >= 15 is 0 Å². The van der Waals surface area contributed by atoms with Crippen LogP contribution < -0.4 is 0 Å². The Balaban J connectivity index is 2.35. The fraction of sp³-hybridized carbons (Fsp3) is 0.364. The summed E-state index contributed by atoms with van der Waals surface area (Å²) in [6.07, 6.45) is 3.95. The SMILES string of the molecule is O=CCc1cc(Cl)ccc1C1CC1. The number of carbonyl (C=O) groups excluding carboxylic acids is 1. The second-order valence-electron chi connectivity index (χ2n) is 3.49. The molecular weight excluding hydrogens is 184 g/mol. The fourth-order valence-electron chi connectivity index (χ4n) is 1.63. The highest BCUT2D eigenvalue weighted by molar-refractivity contribution is 6.30. The van der Waals surface area contributed by atoms with Gasteiger partial charge in [-0.05, 0) is 42.0 Å². The molecule has 0 aromatic heterocycles. The highest BCUT2D eigenvalue weighted by atomic mass is 35.5. The molecule has 0 unspecified atom stereocenters. The van der Waals surface area contributed by atoms with Gasteiger partial charge in [-0.1, -0.05) is 17.7 Å². The van der Waals surface area contributed by atoms with E-state index < -0.39 is 0 Å². The van der Waals surface area contributed by atoms with Gasteiger partial charge in [0.15, 0.2) is 0 Å². The molecule has 68 valence electrons. The van der Waals surface area contributed by atoms with Gasteiger partial charge in [0.1, 0.15) is 6.29 Å². The molecule has 0 N–H and O–H groups in total. The van der Waals surface area contributed by atoms with Crippen molar-refractivity contribution in [2.45, 2.75) is 25.2 Å². The van der Waals surface area contributed by atoms with Gasteiger partial charge in [-0.25, -0.2) is 0 Å². The predicted molar refractivity (Wildman–Crippen MR) is 53.2 cm³/mol. The van der Waals surface area contributed by atoms with Gasteiger partial charge >= 0.3 is 0 Å². The molecule has 1 aromatic rings. The lowest BCUT2D eigenvalue weighted by Gasteiger charge is -2.05. The Kier molecular flexibility index (Phi) is 2.36. The molecule has 0 saturated heterocycles. The second kappa shape index (κ2) is 3.51. The maximum atomic E-state index is 10.4. The van der Waals surface area contributed by atoms with E-state index in [0.717, 1.165) is 16.9 Å². The topological polar surface area (TPSA) is 17.1 Å². The Hall–Kier alpha value is -0.820. The summed E-state index contributed by atoms with van der Waals surface area (Å²) in [4.78, 5) is 10.4. The van der Waals surface area contributed by atoms with Gasteiger partial charge in [-0.2, -0.15) is 0 Å². The van der Waals surface area contributed by atoms with E-state index in [0.29, 0.717) is 12.3 Å². The molecule has 0 spiro atoms. The predicted octanol–water partition coefficient (Wildman–Crippen LogP) is 2.96. The summed E-state index contributed by atoms with van der Waals surface area (Å²) in [7, 11) is 0. The normalized spacial score (nSPS) is 15.8. The maximum Gasteiger partial charge on any atom is 0.124 e. The Morgan fingerprint density at radius 3 is 2.85 bits per heavy atom. The van der Waals surface area contributed by atoms with Gasteiger partial charge in [-0.3, -0.25) is 0 Å². The third-order valence-electron chi connectivity index (χ3n) is 2.43. The van der Waals surface area contributed by atoms with E-state index in [1.807, 2.05) is 12.1 Å². The lowest BCUT2D eigenvalue weighted by Crippen LogP contribution is -1.93. The van der Waals surface area contributed by atoms with Crippen LogP contribution in [0.3, 0.4) is 0 Å². The van der Waals surface area contributed by atoms with Gasteiger partial charge in [0.25, 0.3) is 0 Å². The highest BCUT2D eigenvalue weighted by Gasteiger charge is 2.25. The largest absolute Gasteiger partial charge is 0.303 e. The summed E-state index contributed by atoms with van der Waals surface area (Å²) >= 11 is 5.86. The molecule has 2 rings (SSSR count). The number of halogens is 1. The van der Waals surface area contributed by atoms with Crippen molar-refractivity contribution < 1.29 is 4.79 Å². The number of rotatable bonds is 3. The Bertz CT molecular complexity index is 329. The van der Waals surface area contributed by atoms with E-state index in [1.54, 1.807) is 0 Å². The van der Waals surface area contributed by atoms with Crippen molar-refractivity contribution in [2.75, 3.05) is 0 Å². The number of hydrogen-bond donors (Lipinski definition) is 0. The average molecular weight is 195 g/mol. The molecule has 0 aliphatic heterocycles. The van der Waals surface area contributed by atoms with Crippen molar-refractivity contribution in [2.24, 2.45) is 0 Å². The molecular formula is C11H11ClO. The van der Waals surface area contributed by atoms with Crippen LogP contribution in [0.25, 0.3) is 0 Å². The zero-order valence-electron chi connectivity index (χ0n) is 7.29. The summed E-state index contributed by atoms with van der Waals surface area (Å²) in [5.74, 6) is 0.687. The van der Waals surface area contributed by atoms with Crippen LogP contribution in [0.15, 0.2) is 18.2 Å². The molecule has 0 radical (unpaired) electrons. The summed E-state index contributed by atoms with van der Waals surface area (Å²) < 4.78 is 0. The molecule has 13 heavy (non-hydrogen) atoms. The molecule has 1 fully saturated rings. The van der Waals surface area contributed by atoms with Crippen LogP contribution in [0.2, 0.25) is 5.02 Å². The van der Waals surface area contributed by atoms with Gasteiger partial charge < -0.3 is 4.79 Å². The van der Waals surface area contributed by atoms with Crippen LogP contribution in [0.1, 0.15) is 29.9 Å². The lowest BCUT2D eigenvalue weighted by molar-refractivity contribution is -0.107. The van der Waals surface area contributed by atoms with E-state index in [9.17, 15) is 4.79 Å². The zero-order valence-corrected chi connectivity index (χ0v) is 8.05. The second-order valence-corrected chi connectivity index (χ2v) is 3.92. The summed E-state index contributed by atoms with van der Waals surface area (Å²) in [6, 6.07) is 5.87. The summed E-state index contributed by atoms with van der Waals surface area (Å²) in [5, 5.41) is 0.723. The molecule has 1 nitrogen and oxygen atoms in total. The molecule has 0 atom stereocenters. The third kappa shape index (κ3) is 1.92. The zero-order chi connectivity index (χ0) is 9.26. The molecule has 1 aromatic carbocycles. The number of hydrogen-bond acceptors (Lipinski definition) is 1. The van der Waals surface area contributed by atoms with Gasteiger partial charge in [0.2, 0.25) is 0 Å². The van der Waals surface area contributed by atoms with E-state index in [-0.39, 0.29) is 0 Å². The first-order chi connectivity index (χ1) is 6.31. The van der Waals surface area contributed by atoms with Crippen LogP contribution in [0.5, 0.6) is 0 Å². The minimum Gasteiger partial charge on any atom is -0.303 e. The minimum atomic E-state index is 0.492. The van der Waals surface area contributed by atoms with E-state index in [1.165, 1.54) is 18.4 Å². The fourth-order valence-corrected chi connectivity index (χ4v) is 1.83. The third-order valence-corrected chi connectivity index (χ3v) is 2.66. The first-order valence-electron chi connectivity index (χ1n) is 4.53. The van der Waals surface area contributed by atoms with Crippen molar-refractivity contribution in [3.63, 3.8) is 0 Å². The molecule has 0 heterocycles. The van der Waals surface area contributed by atoms with Crippen molar-refractivity contribution in [1.29, 1.82) is 0 Å². The first-order valence-corrected chi connectivity index (χ1v) is 4.91. The highest BCUT2D eigenvalue weighted by Crippen LogP contribution is 2.42. The van der Waals surface area contributed by atoms with Gasteiger partial charge in [0.05, 0.1) is 0 Å². The van der Waals surface area contributed by atoms with Gasteiger partial charge in [-0.15, -0.1) is 0 Å². The van der Waals surface area contributed by atoms with E-state index in [4.69, 9.17) is 11.6 Å². The molecule has 0 amide bonds. The molecule has 1 aliphatic rings. The minimum absolute atomic E-state index is 0.492. The Morgan fingerprint density at radius 1 is 1.46 bits per heavy atom. The Labute approximate surface area is 82.7 Å². The van der Waals surface area contributed by atoms with Crippen LogP contribution in [0.4, 0.5) is 0 Å². The van der Waals surface area contributed by atoms with Crippen molar-refractivity contribution in [3.8, 4) is 0 Å². The number of benzene rings is 1. The van der Waals surface area contributed by atoms with Gasteiger partial charge in [0, 0.05) is 11.4 Å². The molecule has 2 heteroatoms. The molecule has 1 aliphatic carbocycles. The number of carbonyl (C=O) groups is 1. The number of aldehydes is 1. The van der Waals surface area contributed by atoms with Crippen LogP contribution in [-0.2, 0) is 11.2 Å².